The average Bonchev–Trinajstić information content (AvgIpc) is 2.60. The zero-order valence-corrected chi connectivity index (χ0v) is 17.2. The largest absolute Gasteiger partial charge is 0.478 e. The number of carbonyl (C=O) groups excluding carboxylic acids is 1. The van der Waals surface area contributed by atoms with E-state index in [0.717, 1.165) is 11.1 Å². The van der Waals surface area contributed by atoms with Gasteiger partial charge in [0.25, 0.3) is 0 Å². The van der Waals surface area contributed by atoms with E-state index in [9.17, 15) is 9.59 Å². The van der Waals surface area contributed by atoms with E-state index in [1.54, 1.807) is 58.2 Å². The van der Waals surface area contributed by atoms with E-state index in [1.165, 1.54) is 12.1 Å². The Balaban J connectivity index is 2.32. The van der Waals surface area contributed by atoms with Gasteiger partial charge in [0.15, 0.2) is 5.54 Å². The van der Waals surface area contributed by atoms with Crippen LogP contribution in [-0.4, -0.2) is 34.4 Å². The van der Waals surface area contributed by atoms with E-state index in [-0.39, 0.29) is 12.0 Å². The van der Waals surface area contributed by atoms with Crippen LogP contribution in [0.2, 0.25) is 5.02 Å². The topological polar surface area (TPSA) is 76.0 Å². The smallest absolute Gasteiger partial charge is 0.335 e. The lowest BCUT2D eigenvalue weighted by atomic mass is 9.92. The third-order valence-electron chi connectivity index (χ3n) is 3.96. The molecule has 6 heteroatoms. The van der Waals surface area contributed by atoms with Gasteiger partial charge in [0.1, 0.15) is 5.60 Å². The summed E-state index contributed by atoms with van der Waals surface area (Å²) in [5.41, 5.74) is -0.0432. The predicted molar refractivity (Wildman–Crippen MR) is 110 cm³/mol. The number of rotatable bonds is 6. The lowest BCUT2D eigenvalue weighted by Crippen LogP contribution is -2.41. The highest BCUT2D eigenvalue weighted by atomic mass is 35.5. The van der Waals surface area contributed by atoms with Crippen LogP contribution >= 0.6 is 11.6 Å². The van der Waals surface area contributed by atoms with E-state index in [1.807, 2.05) is 12.1 Å². The van der Waals surface area contributed by atoms with Gasteiger partial charge in [-0.2, -0.15) is 0 Å². The molecule has 28 heavy (non-hydrogen) atoms. The van der Waals surface area contributed by atoms with E-state index in [2.05, 4.69) is 4.99 Å². The molecule has 0 aliphatic heterocycles. The molecule has 2 aromatic carbocycles. The second-order valence-electron chi connectivity index (χ2n) is 7.76. The average molecular weight is 402 g/mol. The number of carboxylic acids is 1. The Morgan fingerprint density at radius 1 is 1.04 bits per heavy atom. The number of halogens is 1. The Labute approximate surface area is 170 Å². The maximum atomic E-state index is 12.9. The van der Waals surface area contributed by atoms with Crippen LogP contribution in [0, 0.1) is 0 Å². The van der Waals surface area contributed by atoms with Crippen molar-refractivity contribution in [1.29, 1.82) is 0 Å². The Kier molecular flexibility index (Phi) is 6.62. The van der Waals surface area contributed by atoms with Crippen molar-refractivity contribution in [3.05, 3.63) is 70.2 Å². The first-order valence-electron chi connectivity index (χ1n) is 8.85. The molecule has 0 heterocycles. The summed E-state index contributed by atoms with van der Waals surface area (Å²) in [6, 6.07) is 13.5. The number of carbonyl (C=O) groups is 2. The van der Waals surface area contributed by atoms with Gasteiger partial charge in [-0.25, -0.2) is 9.59 Å². The molecule has 0 radical (unpaired) electrons. The normalized spacial score (nSPS) is 13.9. The molecule has 0 aromatic heterocycles. The van der Waals surface area contributed by atoms with E-state index < -0.39 is 23.1 Å². The van der Waals surface area contributed by atoms with Crippen LogP contribution < -0.4 is 0 Å². The predicted octanol–water partition coefficient (Wildman–Crippen LogP) is 4.80. The Hall–Kier alpha value is -2.66. The summed E-state index contributed by atoms with van der Waals surface area (Å²) < 4.78 is 5.58. The summed E-state index contributed by atoms with van der Waals surface area (Å²) in [6.45, 7) is 7.11. The standard InChI is InChI=1S/C22H24ClNO4/c1-21(2,3)28-20(27)22(4,24-14-16-7-11-18(23)12-8-16)13-15-5-9-17(10-6-15)19(25)26/h5-12,14H,13H2,1-4H3,(H,25,26)/b24-14+/t22-/m0/s1. The van der Waals surface area contributed by atoms with Crippen LogP contribution in [0.3, 0.4) is 0 Å². The van der Waals surface area contributed by atoms with Gasteiger partial charge in [0.05, 0.1) is 5.56 Å². The van der Waals surface area contributed by atoms with Crippen LogP contribution in [-0.2, 0) is 16.0 Å². The first-order valence-corrected chi connectivity index (χ1v) is 9.23. The minimum atomic E-state index is -1.17. The molecule has 1 N–H and O–H groups in total. The van der Waals surface area contributed by atoms with Crippen LogP contribution in [0.5, 0.6) is 0 Å². The van der Waals surface area contributed by atoms with Gasteiger partial charge in [-0.1, -0.05) is 35.9 Å². The zero-order valence-electron chi connectivity index (χ0n) is 16.4. The van der Waals surface area contributed by atoms with Crippen molar-refractivity contribution in [2.45, 2.75) is 45.3 Å². The van der Waals surface area contributed by atoms with Crippen molar-refractivity contribution in [2.24, 2.45) is 4.99 Å². The number of aromatic carboxylic acids is 1. The molecule has 0 aliphatic rings. The molecule has 148 valence electrons. The minimum Gasteiger partial charge on any atom is -0.478 e. The van der Waals surface area contributed by atoms with Crippen LogP contribution in [0.1, 0.15) is 49.2 Å². The number of hydrogen-bond donors (Lipinski definition) is 1. The molecule has 0 spiro atoms. The number of nitrogens with zero attached hydrogens (tertiary/aromatic N) is 1. The number of aliphatic imine (C=N–C) groups is 1. The van der Waals surface area contributed by atoms with Crippen molar-refractivity contribution < 1.29 is 19.4 Å². The number of benzene rings is 2. The summed E-state index contributed by atoms with van der Waals surface area (Å²) in [6.07, 6.45) is 1.89. The molecule has 1 atom stereocenters. The molecule has 0 aliphatic carbocycles. The summed E-state index contributed by atoms with van der Waals surface area (Å²) >= 11 is 5.91. The fourth-order valence-electron chi connectivity index (χ4n) is 2.49. The van der Waals surface area contributed by atoms with Gasteiger partial charge in [0.2, 0.25) is 0 Å². The molecule has 0 saturated heterocycles. The Morgan fingerprint density at radius 2 is 1.61 bits per heavy atom. The molecule has 0 amide bonds. The van der Waals surface area contributed by atoms with Gasteiger partial charge < -0.3 is 9.84 Å². The highest BCUT2D eigenvalue weighted by Gasteiger charge is 2.36. The third-order valence-corrected chi connectivity index (χ3v) is 4.21. The fraction of sp³-hybridized carbons (Fsp3) is 0.318. The van der Waals surface area contributed by atoms with Crippen molar-refractivity contribution in [1.82, 2.24) is 0 Å². The number of ether oxygens (including phenoxy) is 1. The Bertz CT molecular complexity index is 867. The maximum absolute atomic E-state index is 12.9. The zero-order chi connectivity index (χ0) is 20.9. The van der Waals surface area contributed by atoms with Crippen LogP contribution in [0.25, 0.3) is 0 Å². The molecular weight excluding hydrogens is 378 g/mol. The van der Waals surface area contributed by atoms with Gasteiger partial charge in [0, 0.05) is 17.7 Å². The molecule has 0 unspecified atom stereocenters. The molecule has 2 rings (SSSR count). The van der Waals surface area contributed by atoms with Crippen LogP contribution in [0.15, 0.2) is 53.5 Å². The highest BCUT2D eigenvalue weighted by molar-refractivity contribution is 6.30. The van der Waals surface area contributed by atoms with E-state index in [0.29, 0.717) is 5.02 Å². The third kappa shape index (κ3) is 6.20. The summed E-state index contributed by atoms with van der Waals surface area (Å²) in [5.74, 6) is -1.45. The van der Waals surface area contributed by atoms with Crippen LogP contribution in [0.4, 0.5) is 0 Å². The second-order valence-corrected chi connectivity index (χ2v) is 8.20. The van der Waals surface area contributed by atoms with Crippen molar-refractivity contribution in [2.75, 3.05) is 0 Å². The van der Waals surface area contributed by atoms with E-state index >= 15 is 0 Å². The van der Waals surface area contributed by atoms with Gasteiger partial charge in [-0.15, -0.1) is 0 Å². The highest BCUT2D eigenvalue weighted by Crippen LogP contribution is 2.23. The molecule has 0 bridgehead atoms. The van der Waals surface area contributed by atoms with Crippen molar-refractivity contribution in [3.8, 4) is 0 Å². The first kappa shape index (κ1) is 21.6. The number of hydrogen-bond acceptors (Lipinski definition) is 4. The lowest BCUT2D eigenvalue weighted by molar-refractivity contribution is -0.160. The van der Waals surface area contributed by atoms with Gasteiger partial charge in [-0.05, 0) is 63.1 Å². The molecule has 0 saturated carbocycles. The minimum absolute atomic E-state index is 0.187. The number of carboxylic acid groups (broad SMARTS) is 1. The first-order chi connectivity index (χ1) is 13.0. The van der Waals surface area contributed by atoms with E-state index in [4.69, 9.17) is 21.4 Å². The molecule has 2 aromatic rings. The summed E-state index contributed by atoms with van der Waals surface area (Å²) in [5, 5.41) is 9.66. The monoisotopic (exact) mass is 401 g/mol. The maximum Gasteiger partial charge on any atom is 0.335 e. The molecule has 5 nitrogen and oxygen atoms in total. The second kappa shape index (κ2) is 8.57. The summed E-state index contributed by atoms with van der Waals surface area (Å²) in [4.78, 5) is 28.5. The van der Waals surface area contributed by atoms with Crippen molar-refractivity contribution >= 4 is 29.8 Å². The number of esters is 1. The van der Waals surface area contributed by atoms with Crippen molar-refractivity contribution in [3.63, 3.8) is 0 Å². The van der Waals surface area contributed by atoms with Gasteiger partial charge >= 0.3 is 11.9 Å². The molecule has 0 fully saturated rings. The quantitative estimate of drug-likeness (QED) is 0.557. The Morgan fingerprint density at radius 3 is 2.11 bits per heavy atom. The summed E-state index contributed by atoms with van der Waals surface area (Å²) in [7, 11) is 0. The lowest BCUT2D eigenvalue weighted by Gasteiger charge is -2.28. The molecular formula is C22H24ClNO4. The van der Waals surface area contributed by atoms with Gasteiger partial charge in [-0.3, -0.25) is 4.99 Å². The SMILES string of the molecule is CC(C)(C)OC(=O)[C@](C)(Cc1ccc(C(=O)O)cc1)/N=C/c1ccc(Cl)cc1. The fourth-order valence-corrected chi connectivity index (χ4v) is 2.61.